The fraction of sp³-hybridized carbons (Fsp3) is 0.286. The number of hydrogen-bond donors (Lipinski definition) is 1. The number of fused-ring (bicyclic) bond motifs is 1. The van der Waals surface area contributed by atoms with Crippen molar-refractivity contribution in [1.82, 2.24) is 4.57 Å². The average molecular weight is 612 g/mol. The number of thioether (sulfide) groups is 1. The molecule has 4 nitrogen and oxygen atoms in total. The minimum atomic E-state index is -2.33. The number of β-lactam (4-membered cyclic amide) rings is 1. The van der Waals surface area contributed by atoms with Crippen LogP contribution in [0.15, 0.2) is 113 Å². The Morgan fingerprint density at radius 2 is 1.36 bits per heavy atom. The molecule has 42 heavy (non-hydrogen) atoms. The lowest BCUT2D eigenvalue weighted by Gasteiger charge is -2.60. The van der Waals surface area contributed by atoms with E-state index in [0.717, 1.165) is 27.0 Å². The summed E-state index contributed by atoms with van der Waals surface area (Å²) in [5.41, 5.74) is 4.15. The summed E-state index contributed by atoms with van der Waals surface area (Å²) in [6, 6.07) is 35.5. The summed E-state index contributed by atoms with van der Waals surface area (Å²) in [7, 11) is -2.33. The van der Waals surface area contributed by atoms with E-state index in [9.17, 15) is 9.90 Å². The average Bonchev–Trinajstić information content (AvgIpc) is 3.59. The summed E-state index contributed by atoms with van der Waals surface area (Å²) >= 11 is 3.35. The largest absolute Gasteiger partial charge is 0.457 e. The number of furan rings is 1. The van der Waals surface area contributed by atoms with Crippen molar-refractivity contribution in [1.29, 1.82) is 0 Å². The van der Waals surface area contributed by atoms with Crippen LogP contribution >= 0.6 is 23.1 Å². The van der Waals surface area contributed by atoms with Crippen LogP contribution in [0.1, 0.15) is 49.3 Å². The van der Waals surface area contributed by atoms with Crippen molar-refractivity contribution in [3.63, 3.8) is 0 Å². The molecule has 1 N–H and O–H groups in total. The Morgan fingerprint density at radius 3 is 1.81 bits per heavy atom. The third kappa shape index (κ3) is 4.67. The fourth-order valence-electron chi connectivity index (χ4n) is 5.87. The van der Waals surface area contributed by atoms with Crippen LogP contribution in [0.4, 0.5) is 0 Å². The highest BCUT2D eigenvalue weighted by Crippen LogP contribution is 2.59. The molecule has 0 saturated carbocycles. The summed E-state index contributed by atoms with van der Waals surface area (Å²) in [6.07, 6.45) is -1.05. The van der Waals surface area contributed by atoms with Gasteiger partial charge in [0, 0.05) is 6.07 Å². The molecule has 1 aliphatic rings. The van der Waals surface area contributed by atoms with Crippen LogP contribution in [0.25, 0.3) is 10.3 Å². The van der Waals surface area contributed by atoms with E-state index >= 15 is 0 Å². The zero-order chi connectivity index (χ0) is 29.7. The van der Waals surface area contributed by atoms with E-state index in [1.807, 2.05) is 35.7 Å². The molecule has 0 bridgehead atoms. The van der Waals surface area contributed by atoms with Crippen LogP contribution in [0.2, 0.25) is 18.1 Å². The summed E-state index contributed by atoms with van der Waals surface area (Å²) in [6.45, 7) is 11.3. The summed E-state index contributed by atoms with van der Waals surface area (Å²) < 4.78 is 8.59. The predicted molar refractivity (Wildman–Crippen MR) is 177 cm³/mol. The summed E-state index contributed by atoms with van der Waals surface area (Å²) in [4.78, 5) is 14.3. The van der Waals surface area contributed by atoms with E-state index in [0.29, 0.717) is 5.76 Å². The third-order valence-corrected chi connectivity index (χ3v) is 17.4. The molecule has 7 heteroatoms. The van der Waals surface area contributed by atoms with Crippen LogP contribution in [-0.2, 0) is 9.54 Å². The number of amides is 1. The van der Waals surface area contributed by atoms with Crippen molar-refractivity contribution < 1.29 is 14.3 Å². The normalized spacial score (nSPS) is 18.7. The van der Waals surface area contributed by atoms with Crippen molar-refractivity contribution in [2.24, 2.45) is 5.92 Å². The molecule has 1 saturated heterocycles. The number of aliphatic hydroxyl groups is 1. The number of rotatable bonds is 8. The van der Waals surface area contributed by atoms with Gasteiger partial charge in [0.15, 0.2) is 8.24 Å². The number of carbonyl (C=O) groups is 1. The van der Waals surface area contributed by atoms with Crippen LogP contribution < -0.4 is 0 Å². The molecule has 3 heterocycles. The second kappa shape index (κ2) is 10.9. The Morgan fingerprint density at radius 1 is 0.857 bits per heavy atom. The van der Waals surface area contributed by atoms with Gasteiger partial charge in [-0.25, -0.2) is 0 Å². The molecular formula is C35H37NO3S2Si. The molecule has 5 aromatic rings. The first-order valence-electron chi connectivity index (χ1n) is 14.4. The first-order valence-corrected chi connectivity index (χ1v) is 19.1. The Labute approximate surface area is 257 Å². The molecule has 1 amide bonds. The zero-order valence-electron chi connectivity index (χ0n) is 24.7. The van der Waals surface area contributed by atoms with Crippen LogP contribution in [0.5, 0.6) is 0 Å². The Bertz CT molecular complexity index is 1550. The minimum absolute atomic E-state index is 0.00873. The number of thiophene rings is 1. The van der Waals surface area contributed by atoms with Gasteiger partial charge in [0.05, 0.1) is 20.7 Å². The third-order valence-electron chi connectivity index (χ3n) is 9.15. The SMILES string of the molecule is CC(C)(C)[Si](C)(C)N1C(=O)C(C(O)c2cc3sccc3o2)C1SC(c1ccccc1)(c1ccccc1)c1ccccc1. The molecule has 216 valence electrons. The van der Waals surface area contributed by atoms with Gasteiger partial charge >= 0.3 is 0 Å². The molecule has 0 radical (unpaired) electrons. The highest BCUT2D eigenvalue weighted by molar-refractivity contribution is 8.01. The summed E-state index contributed by atoms with van der Waals surface area (Å²) in [5, 5.41) is 13.5. The maximum atomic E-state index is 14.3. The van der Waals surface area contributed by atoms with Gasteiger partial charge < -0.3 is 14.1 Å². The van der Waals surface area contributed by atoms with Gasteiger partial charge in [-0.15, -0.1) is 23.1 Å². The maximum absolute atomic E-state index is 14.3. The van der Waals surface area contributed by atoms with Crippen LogP contribution in [0, 0.1) is 5.92 Å². The monoisotopic (exact) mass is 611 g/mol. The molecule has 3 atom stereocenters. The van der Waals surface area contributed by atoms with Crippen molar-refractivity contribution in [3.05, 3.63) is 131 Å². The lowest BCUT2D eigenvalue weighted by Crippen LogP contribution is -2.73. The number of nitrogens with zero attached hydrogens (tertiary/aromatic N) is 1. The van der Waals surface area contributed by atoms with Crippen molar-refractivity contribution in [2.45, 2.75) is 55.1 Å². The quantitative estimate of drug-likeness (QED) is 0.108. The Balaban J connectivity index is 1.54. The van der Waals surface area contributed by atoms with Crippen molar-refractivity contribution >= 4 is 47.5 Å². The zero-order valence-corrected chi connectivity index (χ0v) is 27.3. The smallest absolute Gasteiger partial charge is 0.224 e. The lowest BCUT2D eigenvalue weighted by molar-refractivity contribution is -0.151. The van der Waals surface area contributed by atoms with E-state index in [2.05, 4.69) is 111 Å². The molecule has 6 rings (SSSR count). The molecule has 3 unspecified atom stereocenters. The van der Waals surface area contributed by atoms with Gasteiger partial charge in [-0.2, -0.15) is 0 Å². The van der Waals surface area contributed by atoms with Gasteiger partial charge in [-0.1, -0.05) is 125 Å². The van der Waals surface area contributed by atoms with E-state index in [-0.39, 0.29) is 16.3 Å². The van der Waals surface area contributed by atoms with E-state index < -0.39 is 25.0 Å². The van der Waals surface area contributed by atoms with Gasteiger partial charge in [-0.3, -0.25) is 4.79 Å². The molecule has 3 aromatic carbocycles. The van der Waals surface area contributed by atoms with Crippen LogP contribution in [-0.4, -0.2) is 29.2 Å². The van der Waals surface area contributed by atoms with Crippen LogP contribution in [0.3, 0.4) is 0 Å². The first-order chi connectivity index (χ1) is 20.1. The van der Waals surface area contributed by atoms with Gasteiger partial charge in [0.25, 0.3) is 0 Å². The second-order valence-corrected chi connectivity index (χ2v) is 20.0. The van der Waals surface area contributed by atoms with Gasteiger partial charge in [0.1, 0.15) is 17.4 Å². The van der Waals surface area contributed by atoms with Crippen molar-refractivity contribution in [2.75, 3.05) is 0 Å². The topological polar surface area (TPSA) is 53.7 Å². The molecule has 2 aromatic heterocycles. The maximum Gasteiger partial charge on any atom is 0.224 e. The number of aliphatic hydroxyl groups excluding tert-OH is 1. The van der Waals surface area contributed by atoms with E-state index in [1.54, 1.807) is 23.1 Å². The fourth-order valence-corrected chi connectivity index (χ4v) is 11.6. The van der Waals surface area contributed by atoms with E-state index in [1.165, 1.54) is 0 Å². The minimum Gasteiger partial charge on any atom is -0.457 e. The predicted octanol–water partition coefficient (Wildman–Crippen LogP) is 9.04. The number of carbonyl (C=O) groups excluding carboxylic acids is 1. The molecule has 1 aliphatic heterocycles. The highest BCUT2D eigenvalue weighted by atomic mass is 32.2. The highest BCUT2D eigenvalue weighted by Gasteiger charge is 2.62. The molecular weight excluding hydrogens is 575 g/mol. The summed E-state index contributed by atoms with van der Waals surface area (Å²) in [5.74, 6) is -0.172. The Kier molecular flexibility index (Phi) is 7.50. The second-order valence-electron chi connectivity index (χ2n) is 12.6. The van der Waals surface area contributed by atoms with E-state index in [4.69, 9.17) is 4.42 Å². The number of hydrogen-bond acceptors (Lipinski definition) is 5. The van der Waals surface area contributed by atoms with Crippen molar-refractivity contribution in [3.8, 4) is 0 Å². The molecule has 0 spiro atoms. The number of benzene rings is 3. The van der Waals surface area contributed by atoms with Gasteiger partial charge in [0.2, 0.25) is 5.91 Å². The molecule has 0 aliphatic carbocycles. The molecule has 1 fully saturated rings. The lowest BCUT2D eigenvalue weighted by atomic mass is 9.84. The van der Waals surface area contributed by atoms with Gasteiger partial charge in [-0.05, 0) is 33.2 Å². The standard InChI is InChI=1S/C35H37NO3S2Si/c1-34(2,3)42(4,5)36-32(38)30(31(37)28-23-29-27(39-28)21-22-40-29)33(36)41-35(24-15-9-6-10-16-24,25-17-11-7-12-18-25)26-19-13-8-14-20-26/h6-23,30-31,33,37H,1-5H3. The first kappa shape index (κ1) is 29.0. The Hall–Kier alpha value is -3.10.